The van der Waals surface area contributed by atoms with Gasteiger partial charge in [-0.25, -0.2) is 0 Å². The summed E-state index contributed by atoms with van der Waals surface area (Å²) in [4.78, 5) is 12.1. The van der Waals surface area contributed by atoms with Gasteiger partial charge in [0.05, 0.1) is 0 Å². The molecule has 1 amide bonds. The Balaban J connectivity index is 1.98. The molecule has 1 aliphatic rings. The predicted octanol–water partition coefficient (Wildman–Crippen LogP) is 4.06. The van der Waals surface area contributed by atoms with Crippen LogP contribution in [-0.4, -0.2) is 12.5 Å². The first-order valence-electron chi connectivity index (χ1n) is 7.53. The van der Waals surface area contributed by atoms with Crippen molar-refractivity contribution in [1.29, 1.82) is 0 Å². The quantitative estimate of drug-likeness (QED) is 0.873. The molecule has 20 heavy (non-hydrogen) atoms. The Morgan fingerprint density at radius 3 is 2.85 bits per heavy atom. The van der Waals surface area contributed by atoms with E-state index in [4.69, 9.17) is 0 Å². The standard InChI is InChI=1S/C17H26N2O/c1-12(17(2,3)4)10-16(20)19-14-7-8-15-13(11-14)6-5-9-18-15/h7-8,11-12,18H,5-6,9-10H2,1-4H3,(H,19,20). The fourth-order valence-corrected chi connectivity index (χ4v) is 2.35. The van der Waals surface area contributed by atoms with Crippen molar-refractivity contribution in [2.75, 3.05) is 17.2 Å². The molecule has 0 spiro atoms. The number of carbonyl (C=O) groups is 1. The highest BCUT2D eigenvalue weighted by Crippen LogP contribution is 2.29. The molecule has 0 saturated heterocycles. The number of nitrogens with one attached hydrogen (secondary N) is 2. The SMILES string of the molecule is CC(CC(=O)Nc1ccc2c(c1)CCCN2)C(C)(C)C. The lowest BCUT2D eigenvalue weighted by Gasteiger charge is -2.26. The average Bonchev–Trinajstić information content (AvgIpc) is 2.37. The van der Waals surface area contributed by atoms with Gasteiger partial charge in [0.2, 0.25) is 5.91 Å². The number of rotatable bonds is 3. The normalized spacial score (nSPS) is 16.0. The smallest absolute Gasteiger partial charge is 0.224 e. The fourth-order valence-electron chi connectivity index (χ4n) is 2.35. The van der Waals surface area contributed by atoms with Gasteiger partial charge in [0.1, 0.15) is 0 Å². The van der Waals surface area contributed by atoms with Gasteiger partial charge in [0.15, 0.2) is 0 Å². The second kappa shape index (κ2) is 5.86. The molecule has 1 aliphatic heterocycles. The van der Waals surface area contributed by atoms with E-state index in [0.29, 0.717) is 12.3 Å². The third-order valence-electron chi connectivity index (χ3n) is 4.30. The molecular weight excluding hydrogens is 248 g/mol. The van der Waals surface area contributed by atoms with Crippen LogP contribution in [0.2, 0.25) is 0 Å². The minimum absolute atomic E-state index is 0.108. The van der Waals surface area contributed by atoms with Crippen LogP contribution in [0.25, 0.3) is 0 Å². The van der Waals surface area contributed by atoms with Crippen LogP contribution in [0.15, 0.2) is 18.2 Å². The molecule has 1 atom stereocenters. The second-order valence-corrected chi connectivity index (χ2v) is 6.92. The van der Waals surface area contributed by atoms with E-state index in [0.717, 1.165) is 25.1 Å². The number of fused-ring (bicyclic) bond motifs is 1. The van der Waals surface area contributed by atoms with Crippen molar-refractivity contribution in [3.05, 3.63) is 23.8 Å². The zero-order valence-electron chi connectivity index (χ0n) is 13.0. The van der Waals surface area contributed by atoms with Gasteiger partial charge in [-0.3, -0.25) is 4.79 Å². The lowest BCUT2D eigenvalue weighted by atomic mass is 9.80. The number of amides is 1. The fraction of sp³-hybridized carbons (Fsp3) is 0.588. The van der Waals surface area contributed by atoms with E-state index in [1.807, 2.05) is 6.07 Å². The molecule has 2 rings (SSSR count). The molecule has 0 bridgehead atoms. The lowest BCUT2D eigenvalue weighted by molar-refractivity contribution is -0.117. The second-order valence-electron chi connectivity index (χ2n) is 6.92. The molecule has 110 valence electrons. The lowest BCUT2D eigenvalue weighted by Crippen LogP contribution is -2.24. The number of aryl methyl sites for hydroxylation is 1. The molecule has 1 aromatic carbocycles. The summed E-state index contributed by atoms with van der Waals surface area (Å²) in [5, 5.41) is 6.41. The van der Waals surface area contributed by atoms with Crippen LogP contribution in [0.3, 0.4) is 0 Å². The van der Waals surface area contributed by atoms with Crippen LogP contribution >= 0.6 is 0 Å². The van der Waals surface area contributed by atoms with E-state index in [-0.39, 0.29) is 11.3 Å². The van der Waals surface area contributed by atoms with Gasteiger partial charge in [0.25, 0.3) is 0 Å². The van der Waals surface area contributed by atoms with Crippen molar-refractivity contribution in [3.8, 4) is 0 Å². The monoisotopic (exact) mass is 274 g/mol. The van der Waals surface area contributed by atoms with E-state index < -0.39 is 0 Å². The number of carbonyl (C=O) groups excluding carboxylic acids is 1. The van der Waals surface area contributed by atoms with Gasteiger partial charge in [-0.2, -0.15) is 0 Å². The first-order valence-corrected chi connectivity index (χ1v) is 7.53. The third kappa shape index (κ3) is 3.75. The Morgan fingerprint density at radius 2 is 2.15 bits per heavy atom. The van der Waals surface area contributed by atoms with E-state index >= 15 is 0 Å². The Hall–Kier alpha value is -1.51. The summed E-state index contributed by atoms with van der Waals surface area (Å²) < 4.78 is 0. The summed E-state index contributed by atoms with van der Waals surface area (Å²) in [6, 6.07) is 6.15. The molecule has 1 unspecified atom stereocenters. The van der Waals surface area contributed by atoms with Crippen LogP contribution < -0.4 is 10.6 Å². The van der Waals surface area contributed by atoms with Crippen molar-refractivity contribution >= 4 is 17.3 Å². The number of anilines is 2. The van der Waals surface area contributed by atoms with Gasteiger partial charge >= 0.3 is 0 Å². The van der Waals surface area contributed by atoms with Gasteiger partial charge in [-0.1, -0.05) is 27.7 Å². The first kappa shape index (κ1) is 14.9. The summed E-state index contributed by atoms with van der Waals surface area (Å²) in [6.07, 6.45) is 2.81. The van der Waals surface area contributed by atoms with Gasteiger partial charge in [0, 0.05) is 24.3 Å². The summed E-state index contributed by atoms with van der Waals surface area (Å²) >= 11 is 0. The Labute approximate surface area is 122 Å². The van der Waals surface area contributed by atoms with E-state index in [1.54, 1.807) is 0 Å². The summed E-state index contributed by atoms with van der Waals surface area (Å²) in [7, 11) is 0. The number of benzene rings is 1. The maximum atomic E-state index is 12.1. The maximum Gasteiger partial charge on any atom is 0.224 e. The Kier molecular flexibility index (Phi) is 4.36. The largest absolute Gasteiger partial charge is 0.385 e. The van der Waals surface area contributed by atoms with E-state index in [9.17, 15) is 4.79 Å². The molecule has 0 saturated carbocycles. The van der Waals surface area contributed by atoms with Gasteiger partial charge in [-0.05, 0) is 47.9 Å². The molecule has 1 heterocycles. The molecule has 3 nitrogen and oxygen atoms in total. The van der Waals surface area contributed by atoms with Gasteiger partial charge < -0.3 is 10.6 Å². The molecule has 1 aromatic rings. The molecule has 0 aliphatic carbocycles. The van der Waals surface area contributed by atoms with Crippen LogP contribution in [0.4, 0.5) is 11.4 Å². The van der Waals surface area contributed by atoms with Crippen LogP contribution in [0.5, 0.6) is 0 Å². The first-order chi connectivity index (χ1) is 9.36. The Bertz CT molecular complexity index is 488. The topological polar surface area (TPSA) is 41.1 Å². The van der Waals surface area contributed by atoms with Crippen molar-refractivity contribution in [3.63, 3.8) is 0 Å². The number of hydrogen-bond acceptors (Lipinski definition) is 2. The average molecular weight is 274 g/mol. The van der Waals surface area contributed by atoms with Crippen molar-refractivity contribution in [2.45, 2.75) is 47.0 Å². The van der Waals surface area contributed by atoms with Gasteiger partial charge in [-0.15, -0.1) is 0 Å². The maximum absolute atomic E-state index is 12.1. The predicted molar refractivity (Wildman–Crippen MR) is 85.1 cm³/mol. The highest BCUT2D eigenvalue weighted by atomic mass is 16.1. The van der Waals surface area contributed by atoms with Crippen LogP contribution in [0.1, 0.15) is 46.1 Å². The van der Waals surface area contributed by atoms with Crippen LogP contribution in [0, 0.1) is 11.3 Å². The van der Waals surface area contributed by atoms with E-state index in [2.05, 4.69) is 50.5 Å². The van der Waals surface area contributed by atoms with Crippen LogP contribution in [-0.2, 0) is 11.2 Å². The molecule has 0 radical (unpaired) electrons. The molecule has 0 fully saturated rings. The highest BCUT2D eigenvalue weighted by Gasteiger charge is 2.22. The Morgan fingerprint density at radius 1 is 1.40 bits per heavy atom. The van der Waals surface area contributed by atoms with E-state index in [1.165, 1.54) is 11.3 Å². The van der Waals surface area contributed by atoms with Crippen molar-refractivity contribution in [2.24, 2.45) is 11.3 Å². The molecular formula is C17H26N2O. The minimum Gasteiger partial charge on any atom is -0.385 e. The molecule has 3 heteroatoms. The number of hydrogen-bond donors (Lipinski definition) is 2. The zero-order chi connectivity index (χ0) is 14.8. The molecule has 2 N–H and O–H groups in total. The van der Waals surface area contributed by atoms with Crippen molar-refractivity contribution < 1.29 is 4.79 Å². The molecule has 0 aromatic heterocycles. The zero-order valence-corrected chi connectivity index (χ0v) is 13.0. The summed E-state index contributed by atoms with van der Waals surface area (Å²) in [6.45, 7) is 9.71. The highest BCUT2D eigenvalue weighted by molar-refractivity contribution is 5.91. The summed E-state index contributed by atoms with van der Waals surface area (Å²) in [5.74, 6) is 0.470. The minimum atomic E-state index is 0.108. The van der Waals surface area contributed by atoms with Crippen molar-refractivity contribution in [1.82, 2.24) is 0 Å². The third-order valence-corrected chi connectivity index (χ3v) is 4.30. The summed E-state index contributed by atoms with van der Waals surface area (Å²) in [5.41, 5.74) is 3.59.